The van der Waals surface area contributed by atoms with Gasteiger partial charge < -0.3 is 14.6 Å². The van der Waals surface area contributed by atoms with Crippen molar-refractivity contribution in [3.05, 3.63) is 57.9 Å². The molecular weight excluding hydrogens is 356 g/mol. The van der Waals surface area contributed by atoms with Crippen LogP contribution in [0.25, 0.3) is 0 Å². The molecule has 1 aromatic heterocycles. The maximum absolute atomic E-state index is 13.3. The molecular formula is C22H26N2O4. The van der Waals surface area contributed by atoms with Crippen molar-refractivity contribution in [3.8, 4) is 0 Å². The summed E-state index contributed by atoms with van der Waals surface area (Å²) in [6, 6.07) is 6.84. The van der Waals surface area contributed by atoms with E-state index < -0.39 is 12.0 Å². The van der Waals surface area contributed by atoms with Gasteiger partial charge in [-0.25, -0.2) is 4.79 Å². The Hall–Kier alpha value is -2.89. The van der Waals surface area contributed by atoms with E-state index >= 15 is 0 Å². The normalized spacial score (nSPS) is 14.5. The number of H-pyrrole nitrogens is 1. The topological polar surface area (TPSA) is 79.5 Å². The van der Waals surface area contributed by atoms with Crippen LogP contribution in [0.15, 0.2) is 24.3 Å². The summed E-state index contributed by atoms with van der Waals surface area (Å²) >= 11 is 0. The summed E-state index contributed by atoms with van der Waals surface area (Å²) in [4.78, 5) is 43.0. The number of aryl methyl sites for hydroxylation is 2. The lowest BCUT2D eigenvalue weighted by Crippen LogP contribution is -2.45. The minimum atomic E-state index is -0.625. The number of esters is 1. The number of nitrogens with zero attached hydrogens (tertiary/aromatic N) is 1. The lowest BCUT2D eigenvalue weighted by atomic mass is 9.99. The summed E-state index contributed by atoms with van der Waals surface area (Å²) in [7, 11) is 1.30. The molecule has 2 aromatic rings. The second-order valence-corrected chi connectivity index (χ2v) is 7.47. The van der Waals surface area contributed by atoms with Crippen LogP contribution in [0.3, 0.4) is 0 Å². The van der Waals surface area contributed by atoms with E-state index in [0.717, 1.165) is 18.4 Å². The Labute approximate surface area is 164 Å². The molecule has 1 fully saturated rings. The average molecular weight is 382 g/mol. The highest BCUT2D eigenvalue weighted by Crippen LogP contribution is 2.32. The van der Waals surface area contributed by atoms with Crippen LogP contribution in [0, 0.1) is 20.8 Å². The Morgan fingerprint density at radius 2 is 1.71 bits per heavy atom. The van der Waals surface area contributed by atoms with Crippen LogP contribution in [-0.2, 0) is 4.74 Å². The van der Waals surface area contributed by atoms with Crippen molar-refractivity contribution < 1.29 is 19.1 Å². The first-order chi connectivity index (χ1) is 13.3. The molecule has 0 spiro atoms. The van der Waals surface area contributed by atoms with Crippen LogP contribution in [-0.4, -0.2) is 46.7 Å². The van der Waals surface area contributed by atoms with E-state index in [1.807, 2.05) is 19.1 Å². The Bertz CT molecular complexity index is 923. The minimum Gasteiger partial charge on any atom is -0.464 e. The average Bonchev–Trinajstić information content (AvgIpc) is 3.46. The third-order valence-electron chi connectivity index (χ3n) is 5.34. The predicted octanol–water partition coefficient (Wildman–Crippen LogP) is 3.60. The molecule has 3 rings (SSSR count). The molecule has 1 aromatic carbocycles. The number of ketones is 1. The highest BCUT2D eigenvalue weighted by molar-refractivity contribution is 6.07. The number of methoxy groups -OCH3 is 1. The first-order valence-corrected chi connectivity index (χ1v) is 9.47. The molecule has 1 N–H and O–H groups in total. The summed E-state index contributed by atoms with van der Waals surface area (Å²) in [5.41, 5.74) is 3.55. The summed E-state index contributed by atoms with van der Waals surface area (Å²) in [6.45, 7) is 7.20. The molecule has 28 heavy (non-hydrogen) atoms. The fourth-order valence-corrected chi connectivity index (χ4v) is 3.62. The zero-order valence-corrected chi connectivity index (χ0v) is 17.0. The molecule has 0 radical (unpaired) electrons. The summed E-state index contributed by atoms with van der Waals surface area (Å²) in [6.07, 6.45) is 1.79. The predicted molar refractivity (Wildman–Crippen MR) is 106 cm³/mol. The third kappa shape index (κ3) is 3.59. The van der Waals surface area contributed by atoms with Gasteiger partial charge in [0.25, 0.3) is 5.91 Å². The number of amides is 1. The molecule has 0 bridgehead atoms. The van der Waals surface area contributed by atoms with E-state index in [1.165, 1.54) is 7.11 Å². The molecule has 1 heterocycles. The standard InChI is InChI=1S/C22H26N2O4/c1-12-6-8-16(9-7-12)21(26)24(17-10-11-17)15(4)20(25)18-13(2)19(22(27)28-5)23-14(18)3/h6-9,15,17,23H,10-11H2,1-5H3/t15-/m0/s1. The third-order valence-corrected chi connectivity index (χ3v) is 5.34. The van der Waals surface area contributed by atoms with Gasteiger partial charge in [0.2, 0.25) is 0 Å². The number of ether oxygens (including phenoxy) is 1. The lowest BCUT2D eigenvalue weighted by molar-refractivity contribution is 0.0591. The lowest BCUT2D eigenvalue weighted by Gasteiger charge is -2.29. The molecule has 1 saturated carbocycles. The number of benzene rings is 1. The number of carbonyl (C=O) groups is 3. The van der Waals surface area contributed by atoms with Gasteiger partial charge in [0.15, 0.2) is 5.78 Å². The van der Waals surface area contributed by atoms with Crippen molar-refractivity contribution in [1.29, 1.82) is 0 Å². The van der Waals surface area contributed by atoms with Crippen molar-refractivity contribution in [1.82, 2.24) is 9.88 Å². The van der Waals surface area contributed by atoms with Crippen molar-refractivity contribution in [2.24, 2.45) is 0 Å². The van der Waals surface area contributed by atoms with Crippen LogP contribution in [0.5, 0.6) is 0 Å². The van der Waals surface area contributed by atoms with Gasteiger partial charge in [-0.3, -0.25) is 9.59 Å². The van der Waals surface area contributed by atoms with Crippen LogP contribution < -0.4 is 0 Å². The van der Waals surface area contributed by atoms with Crippen LogP contribution >= 0.6 is 0 Å². The Balaban J connectivity index is 1.92. The SMILES string of the molecule is COC(=O)c1[nH]c(C)c(C(=O)[C@H](C)N(C(=O)c2ccc(C)cc2)C2CC2)c1C. The zero-order chi connectivity index (χ0) is 20.6. The van der Waals surface area contributed by atoms with E-state index in [0.29, 0.717) is 22.4 Å². The molecule has 0 saturated heterocycles. The highest BCUT2D eigenvalue weighted by Gasteiger charge is 2.40. The minimum absolute atomic E-state index is 0.0763. The Morgan fingerprint density at radius 3 is 2.25 bits per heavy atom. The number of nitrogens with one attached hydrogen (secondary N) is 1. The van der Waals surface area contributed by atoms with Crippen LogP contribution in [0.2, 0.25) is 0 Å². The summed E-state index contributed by atoms with van der Waals surface area (Å²) in [5, 5.41) is 0. The number of hydrogen-bond acceptors (Lipinski definition) is 4. The molecule has 0 aliphatic heterocycles. The van der Waals surface area contributed by atoms with Crippen LogP contribution in [0.4, 0.5) is 0 Å². The molecule has 148 valence electrons. The second kappa shape index (κ2) is 7.62. The molecule has 1 aliphatic carbocycles. The van der Waals surface area contributed by atoms with Crippen molar-refractivity contribution in [2.75, 3.05) is 7.11 Å². The van der Waals surface area contributed by atoms with E-state index in [-0.39, 0.29) is 23.4 Å². The van der Waals surface area contributed by atoms with E-state index in [9.17, 15) is 14.4 Å². The maximum Gasteiger partial charge on any atom is 0.354 e. The first kappa shape index (κ1) is 19.9. The van der Waals surface area contributed by atoms with Gasteiger partial charge >= 0.3 is 5.97 Å². The van der Waals surface area contributed by atoms with Gasteiger partial charge in [-0.2, -0.15) is 0 Å². The maximum atomic E-state index is 13.3. The smallest absolute Gasteiger partial charge is 0.354 e. The fourth-order valence-electron chi connectivity index (χ4n) is 3.62. The first-order valence-electron chi connectivity index (χ1n) is 9.47. The summed E-state index contributed by atoms with van der Waals surface area (Å²) in [5.74, 6) is -0.821. The monoisotopic (exact) mass is 382 g/mol. The molecule has 6 heteroatoms. The largest absolute Gasteiger partial charge is 0.464 e. The van der Waals surface area contributed by atoms with E-state index in [2.05, 4.69) is 4.98 Å². The van der Waals surface area contributed by atoms with E-state index in [4.69, 9.17) is 4.74 Å². The van der Waals surface area contributed by atoms with Gasteiger partial charge in [0.1, 0.15) is 5.69 Å². The number of rotatable bonds is 6. The van der Waals surface area contributed by atoms with Gasteiger partial charge in [0.05, 0.1) is 13.2 Å². The van der Waals surface area contributed by atoms with Gasteiger partial charge in [-0.05, 0) is 58.2 Å². The van der Waals surface area contributed by atoms with Gasteiger partial charge in [-0.15, -0.1) is 0 Å². The number of hydrogen-bond donors (Lipinski definition) is 1. The quantitative estimate of drug-likeness (QED) is 0.611. The summed E-state index contributed by atoms with van der Waals surface area (Å²) < 4.78 is 4.78. The Morgan fingerprint density at radius 1 is 1.11 bits per heavy atom. The number of aromatic amines is 1. The van der Waals surface area contributed by atoms with E-state index in [1.54, 1.807) is 37.8 Å². The zero-order valence-electron chi connectivity index (χ0n) is 17.0. The van der Waals surface area contributed by atoms with Crippen molar-refractivity contribution in [3.63, 3.8) is 0 Å². The molecule has 1 aliphatic rings. The number of carbonyl (C=O) groups excluding carboxylic acids is 3. The molecule has 1 atom stereocenters. The molecule has 0 unspecified atom stereocenters. The molecule has 6 nitrogen and oxygen atoms in total. The van der Waals surface area contributed by atoms with Gasteiger partial charge in [-0.1, -0.05) is 17.7 Å². The number of Topliss-reactive ketones (excluding diaryl/α,β-unsaturated/α-hetero) is 1. The van der Waals surface area contributed by atoms with Gasteiger partial charge in [0, 0.05) is 22.9 Å². The fraction of sp³-hybridized carbons (Fsp3) is 0.409. The molecule has 1 amide bonds. The highest BCUT2D eigenvalue weighted by atomic mass is 16.5. The van der Waals surface area contributed by atoms with Crippen molar-refractivity contribution in [2.45, 2.75) is 52.6 Å². The second-order valence-electron chi connectivity index (χ2n) is 7.47. The Kier molecular flexibility index (Phi) is 5.40. The van der Waals surface area contributed by atoms with Crippen LogP contribution in [0.1, 0.15) is 67.8 Å². The van der Waals surface area contributed by atoms with Crippen molar-refractivity contribution >= 4 is 17.7 Å². The number of aromatic nitrogens is 1.